The van der Waals surface area contributed by atoms with E-state index in [0.717, 1.165) is 68.7 Å². The summed E-state index contributed by atoms with van der Waals surface area (Å²) in [7, 11) is 0. The monoisotopic (exact) mass is 425 g/mol. The van der Waals surface area contributed by atoms with Gasteiger partial charge in [-0.15, -0.1) is 0 Å². The molecule has 0 spiro atoms. The van der Waals surface area contributed by atoms with Crippen LogP contribution < -0.4 is 10.6 Å². The zero-order valence-electron chi connectivity index (χ0n) is 17.4. The number of nitrogens with zero attached hydrogens (tertiary/aromatic N) is 3. The number of piperazine rings is 1. The average Bonchev–Trinajstić information content (AvgIpc) is 2.96. The van der Waals surface area contributed by atoms with Crippen molar-refractivity contribution >= 4 is 23.6 Å². The van der Waals surface area contributed by atoms with Crippen LogP contribution in [0.4, 0.5) is 0 Å². The van der Waals surface area contributed by atoms with Gasteiger partial charge in [0.15, 0.2) is 0 Å². The molecule has 9 nitrogen and oxygen atoms in total. The number of benzene rings is 1. The van der Waals surface area contributed by atoms with Gasteiger partial charge in [-0.3, -0.25) is 34.3 Å². The number of amides is 4. The molecule has 0 radical (unpaired) electrons. The lowest BCUT2D eigenvalue weighted by molar-refractivity contribution is -0.136. The van der Waals surface area contributed by atoms with Crippen LogP contribution in [0.2, 0.25) is 0 Å². The van der Waals surface area contributed by atoms with E-state index in [1.165, 1.54) is 0 Å². The van der Waals surface area contributed by atoms with E-state index in [2.05, 4.69) is 20.4 Å². The first kappa shape index (κ1) is 20.3. The normalized spacial score (nSPS) is 25.5. The standard InChI is InChI=1S/C22H27N5O4/c28-19-4-3-18(20(29)24-19)27-21(30)16-2-1-14(9-17(16)22(27)31)12-25-5-7-26(8-6-25)13-15-10-23-11-15/h1-2,9,15,18,23H,3-8,10-13H2,(H,24,28,29). The molecule has 3 saturated heterocycles. The molecule has 4 aliphatic rings. The van der Waals surface area contributed by atoms with E-state index in [-0.39, 0.29) is 18.7 Å². The largest absolute Gasteiger partial charge is 0.316 e. The van der Waals surface area contributed by atoms with Gasteiger partial charge in [-0.25, -0.2) is 0 Å². The number of piperidine rings is 1. The Morgan fingerprint density at radius 2 is 1.61 bits per heavy atom. The lowest BCUT2D eigenvalue weighted by atomic mass is 10.0. The van der Waals surface area contributed by atoms with E-state index in [1.807, 2.05) is 6.07 Å². The minimum Gasteiger partial charge on any atom is -0.316 e. The summed E-state index contributed by atoms with van der Waals surface area (Å²) in [5.41, 5.74) is 1.67. The van der Waals surface area contributed by atoms with Crippen LogP contribution in [0.25, 0.3) is 0 Å². The molecule has 5 rings (SSSR count). The first-order chi connectivity index (χ1) is 15.0. The maximum absolute atomic E-state index is 13.0. The molecule has 31 heavy (non-hydrogen) atoms. The summed E-state index contributed by atoms with van der Waals surface area (Å²) in [5.74, 6) is -1.08. The molecule has 0 saturated carbocycles. The molecule has 2 N–H and O–H groups in total. The van der Waals surface area contributed by atoms with Crippen molar-refractivity contribution in [2.45, 2.75) is 25.4 Å². The maximum Gasteiger partial charge on any atom is 0.262 e. The molecule has 4 amide bonds. The third-order valence-electron chi connectivity index (χ3n) is 6.76. The topological polar surface area (TPSA) is 102 Å². The molecular formula is C22H27N5O4. The second kappa shape index (κ2) is 8.14. The lowest BCUT2D eigenvalue weighted by Gasteiger charge is -2.38. The van der Waals surface area contributed by atoms with Crippen molar-refractivity contribution in [2.75, 3.05) is 45.8 Å². The SMILES string of the molecule is O=C1CCC(N2C(=O)c3ccc(CN4CCN(CC5CNC5)CC4)cc3C2=O)C(=O)N1. The van der Waals surface area contributed by atoms with Crippen molar-refractivity contribution in [3.05, 3.63) is 34.9 Å². The third kappa shape index (κ3) is 3.88. The van der Waals surface area contributed by atoms with Gasteiger partial charge in [0.1, 0.15) is 6.04 Å². The average molecular weight is 425 g/mol. The van der Waals surface area contributed by atoms with Crippen molar-refractivity contribution < 1.29 is 19.2 Å². The lowest BCUT2D eigenvalue weighted by Crippen LogP contribution is -2.54. The molecule has 0 aliphatic carbocycles. The molecular weight excluding hydrogens is 398 g/mol. The summed E-state index contributed by atoms with van der Waals surface area (Å²) in [6.07, 6.45) is 0.294. The van der Waals surface area contributed by atoms with E-state index in [4.69, 9.17) is 0 Å². The number of fused-ring (bicyclic) bond motifs is 1. The van der Waals surface area contributed by atoms with Crippen LogP contribution in [0.15, 0.2) is 18.2 Å². The van der Waals surface area contributed by atoms with E-state index in [9.17, 15) is 19.2 Å². The highest BCUT2D eigenvalue weighted by molar-refractivity contribution is 6.23. The Kier molecular flexibility index (Phi) is 5.33. The minimum atomic E-state index is -0.924. The van der Waals surface area contributed by atoms with Gasteiger partial charge in [0.25, 0.3) is 11.8 Å². The van der Waals surface area contributed by atoms with Gasteiger partial charge >= 0.3 is 0 Å². The Morgan fingerprint density at radius 1 is 0.903 bits per heavy atom. The van der Waals surface area contributed by atoms with Crippen molar-refractivity contribution in [3.63, 3.8) is 0 Å². The molecule has 0 aromatic heterocycles. The molecule has 164 valence electrons. The molecule has 4 heterocycles. The van der Waals surface area contributed by atoms with Crippen LogP contribution in [-0.2, 0) is 16.1 Å². The van der Waals surface area contributed by atoms with Crippen molar-refractivity contribution in [2.24, 2.45) is 5.92 Å². The summed E-state index contributed by atoms with van der Waals surface area (Å²) < 4.78 is 0. The number of nitrogens with one attached hydrogen (secondary N) is 2. The molecule has 1 aromatic carbocycles. The van der Waals surface area contributed by atoms with Crippen LogP contribution in [-0.4, -0.2) is 90.2 Å². The highest BCUT2D eigenvalue weighted by Crippen LogP contribution is 2.28. The fourth-order valence-corrected chi connectivity index (χ4v) is 4.85. The number of imide groups is 2. The number of hydrogen-bond donors (Lipinski definition) is 2. The zero-order valence-corrected chi connectivity index (χ0v) is 17.4. The van der Waals surface area contributed by atoms with Gasteiger partial charge in [-0.2, -0.15) is 0 Å². The fraction of sp³-hybridized carbons (Fsp3) is 0.545. The third-order valence-corrected chi connectivity index (χ3v) is 6.76. The Hall–Kier alpha value is -2.62. The van der Waals surface area contributed by atoms with Gasteiger partial charge in [-0.05, 0) is 30.0 Å². The first-order valence-electron chi connectivity index (χ1n) is 11.0. The Balaban J connectivity index is 1.23. The quantitative estimate of drug-likeness (QED) is 0.609. The summed E-state index contributed by atoms with van der Waals surface area (Å²) in [5, 5.41) is 5.54. The van der Waals surface area contributed by atoms with Crippen molar-refractivity contribution in [1.82, 2.24) is 25.3 Å². The van der Waals surface area contributed by atoms with Crippen LogP contribution in [0, 0.1) is 5.92 Å². The molecule has 1 atom stereocenters. The van der Waals surface area contributed by atoms with Gasteiger partial charge in [0.05, 0.1) is 11.1 Å². The smallest absolute Gasteiger partial charge is 0.262 e. The summed E-state index contributed by atoms with van der Waals surface area (Å²) in [6.45, 7) is 8.18. The van der Waals surface area contributed by atoms with Crippen LogP contribution in [0.3, 0.4) is 0 Å². The van der Waals surface area contributed by atoms with E-state index >= 15 is 0 Å². The molecule has 0 bridgehead atoms. The van der Waals surface area contributed by atoms with Gasteiger partial charge < -0.3 is 10.2 Å². The van der Waals surface area contributed by atoms with E-state index < -0.39 is 23.8 Å². The second-order valence-corrected chi connectivity index (χ2v) is 8.93. The molecule has 1 unspecified atom stereocenters. The number of hydrogen-bond acceptors (Lipinski definition) is 7. The fourth-order valence-electron chi connectivity index (χ4n) is 4.85. The highest BCUT2D eigenvalue weighted by atomic mass is 16.2. The van der Waals surface area contributed by atoms with Crippen molar-refractivity contribution in [3.8, 4) is 0 Å². The number of carbonyl (C=O) groups excluding carboxylic acids is 4. The first-order valence-corrected chi connectivity index (χ1v) is 11.0. The van der Waals surface area contributed by atoms with Gasteiger partial charge in [-0.1, -0.05) is 6.07 Å². The van der Waals surface area contributed by atoms with Gasteiger partial charge in [0.2, 0.25) is 11.8 Å². The predicted molar refractivity (Wildman–Crippen MR) is 111 cm³/mol. The number of rotatable bonds is 5. The molecule has 3 fully saturated rings. The number of carbonyl (C=O) groups is 4. The Morgan fingerprint density at radius 3 is 2.29 bits per heavy atom. The van der Waals surface area contributed by atoms with Crippen LogP contribution in [0.5, 0.6) is 0 Å². The second-order valence-electron chi connectivity index (χ2n) is 8.93. The Bertz CT molecular complexity index is 936. The zero-order chi connectivity index (χ0) is 21.5. The minimum absolute atomic E-state index is 0.123. The van der Waals surface area contributed by atoms with Crippen molar-refractivity contribution in [1.29, 1.82) is 0 Å². The summed E-state index contributed by atoms with van der Waals surface area (Å²) >= 11 is 0. The van der Waals surface area contributed by atoms with Gasteiger partial charge in [0, 0.05) is 58.8 Å². The summed E-state index contributed by atoms with van der Waals surface area (Å²) in [4.78, 5) is 55.3. The van der Waals surface area contributed by atoms with E-state index in [0.29, 0.717) is 11.1 Å². The van der Waals surface area contributed by atoms with E-state index in [1.54, 1.807) is 12.1 Å². The molecule has 9 heteroatoms. The van der Waals surface area contributed by atoms with Crippen LogP contribution >= 0.6 is 0 Å². The summed E-state index contributed by atoms with van der Waals surface area (Å²) in [6, 6.07) is 4.45. The highest BCUT2D eigenvalue weighted by Gasteiger charge is 2.44. The molecule has 4 aliphatic heterocycles. The Labute approximate surface area is 180 Å². The molecule has 1 aromatic rings. The maximum atomic E-state index is 13.0. The predicted octanol–water partition coefficient (Wildman–Crippen LogP) is -0.575. The van der Waals surface area contributed by atoms with Crippen LogP contribution in [0.1, 0.15) is 39.1 Å².